The fourth-order valence-corrected chi connectivity index (χ4v) is 4.17. The summed E-state index contributed by atoms with van der Waals surface area (Å²) in [7, 11) is 1.68. The lowest BCUT2D eigenvalue weighted by Crippen LogP contribution is -2.45. The topological polar surface area (TPSA) is 70.6 Å². The Labute approximate surface area is 179 Å². The summed E-state index contributed by atoms with van der Waals surface area (Å²) in [6.07, 6.45) is 7.01. The summed E-state index contributed by atoms with van der Waals surface area (Å²) in [5.41, 5.74) is 1.16. The van der Waals surface area contributed by atoms with Crippen molar-refractivity contribution in [1.82, 2.24) is 20.2 Å². The molecule has 2 atom stereocenters. The van der Waals surface area contributed by atoms with Gasteiger partial charge in [0.05, 0.1) is 25.3 Å². The molecule has 0 spiro atoms. The second kappa shape index (κ2) is 10.9. The Morgan fingerprint density at radius 2 is 2.17 bits per heavy atom. The molecule has 0 aliphatic carbocycles. The molecule has 2 heterocycles. The van der Waals surface area contributed by atoms with Crippen LogP contribution in [0.4, 0.5) is 5.82 Å². The minimum Gasteiger partial charge on any atom is -0.497 e. The number of amides is 1. The van der Waals surface area contributed by atoms with Crippen LogP contribution >= 0.6 is 0 Å². The second-order valence-corrected chi connectivity index (χ2v) is 7.61. The zero-order valence-corrected chi connectivity index (χ0v) is 18.3. The van der Waals surface area contributed by atoms with Gasteiger partial charge < -0.3 is 15.0 Å². The van der Waals surface area contributed by atoms with E-state index in [1.165, 1.54) is 0 Å². The largest absolute Gasteiger partial charge is 0.497 e. The zero-order valence-electron chi connectivity index (χ0n) is 18.3. The van der Waals surface area contributed by atoms with Gasteiger partial charge in [-0.2, -0.15) is 0 Å². The lowest BCUT2D eigenvalue weighted by atomic mass is 9.96. The average Bonchev–Trinajstić information content (AvgIpc) is 2.82. The number of nitrogens with one attached hydrogen (secondary N) is 1. The van der Waals surface area contributed by atoms with E-state index in [0.29, 0.717) is 13.1 Å². The number of nitrogens with zero attached hydrogens (tertiary/aromatic N) is 4. The Kier molecular flexibility index (Phi) is 8.02. The van der Waals surface area contributed by atoms with Gasteiger partial charge in [-0.3, -0.25) is 14.7 Å². The van der Waals surface area contributed by atoms with Crippen molar-refractivity contribution in [2.45, 2.75) is 32.7 Å². The molecule has 1 aromatic carbocycles. The molecular weight excluding hydrogens is 378 g/mol. The Balaban J connectivity index is 1.66. The molecule has 30 heavy (non-hydrogen) atoms. The number of carbonyl (C=O) groups is 1. The number of ether oxygens (including phenoxy) is 1. The predicted molar refractivity (Wildman–Crippen MR) is 119 cm³/mol. The van der Waals surface area contributed by atoms with Crippen LogP contribution in [0.1, 0.15) is 38.3 Å². The molecule has 7 heteroatoms. The number of aromatic nitrogens is 2. The van der Waals surface area contributed by atoms with E-state index in [4.69, 9.17) is 4.74 Å². The van der Waals surface area contributed by atoms with Crippen molar-refractivity contribution >= 4 is 11.7 Å². The molecule has 1 fully saturated rings. The van der Waals surface area contributed by atoms with Gasteiger partial charge in [-0.25, -0.2) is 4.98 Å². The second-order valence-electron chi connectivity index (χ2n) is 7.61. The highest BCUT2D eigenvalue weighted by molar-refractivity contribution is 5.79. The van der Waals surface area contributed by atoms with Crippen LogP contribution in [0.2, 0.25) is 0 Å². The molecule has 1 aliphatic heterocycles. The molecule has 7 nitrogen and oxygen atoms in total. The first-order valence-corrected chi connectivity index (χ1v) is 10.8. The van der Waals surface area contributed by atoms with Crippen LogP contribution in [0.15, 0.2) is 42.9 Å². The summed E-state index contributed by atoms with van der Waals surface area (Å²) in [6, 6.07) is 8.23. The first-order chi connectivity index (χ1) is 14.7. The maximum atomic E-state index is 13.0. The third kappa shape index (κ3) is 5.48. The highest BCUT2D eigenvalue weighted by Gasteiger charge is 2.28. The summed E-state index contributed by atoms with van der Waals surface area (Å²) in [6.45, 7) is 8.30. The minimum atomic E-state index is -0.0385. The molecule has 3 rings (SSSR count). The maximum absolute atomic E-state index is 13.0. The number of benzene rings is 1. The van der Waals surface area contributed by atoms with Crippen molar-refractivity contribution < 1.29 is 9.53 Å². The van der Waals surface area contributed by atoms with Gasteiger partial charge in [0.2, 0.25) is 5.91 Å². The van der Waals surface area contributed by atoms with Crippen LogP contribution in [0.5, 0.6) is 5.75 Å². The summed E-state index contributed by atoms with van der Waals surface area (Å²) in [5.74, 6) is 1.75. The standard InChI is InChI=1S/C23H33N5O2/c1-4-27(5-2)21(18-8-6-10-20(14-18)30-3)15-26-23(29)19-9-7-13-28(17-19)22-16-24-11-12-25-22/h6,8,10-12,14,16,19,21H,4-5,7,9,13,15,17H2,1-3H3,(H,26,29). The minimum absolute atomic E-state index is 0.0385. The normalized spacial score (nSPS) is 17.6. The van der Waals surface area contributed by atoms with E-state index in [2.05, 4.69) is 51.1 Å². The number of likely N-dealkylation sites (N-methyl/N-ethyl adjacent to an activating group) is 1. The Bertz CT molecular complexity index is 797. The number of rotatable bonds is 9. The summed E-state index contributed by atoms with van der Waals surface area (Å²) in [5, 5.41) is 3.23. The molecule has 0 bridgehead atoms. The summed E-state index contributed by atoms with van der Waals surface area (Å²) < 4.78 is 5.40. The number of carbonyl (C=O) groups excluding carboxylic acids is 1. The molecule has 0 saturated carbocycles. The fraction of sp³-hybridized carbons (Fsp3) is 0.522. The number of hydrogen-bond acceptors (Lipinski definition) is 6. The average molecular weight is 412 g/mol. The lowest BCUT2D eigenvalue weighted by molar-refractivity contribution is -0.125. The van der Waals surface area contributed by atoms with E-state index in [1.807, 2.05) is 12.1 Å². The number of methoxy groups -OCH3 is 1. The van der Waals surface area contributed by atoms with Crippen molar-refractivity contribution in [3.8, 4) is 5.75 Å². The van der Waals surface area contributed by atoms with Crippen molar-refractivity contribution in [3.05, 3.63) is 48.4 Å². The number of piperidine rings is 1. The lowest BCUT2D eigenvalue weighted by Gasteiger charge is -2.34. The molecule has 1 aliphatic rings. The maximum Gasteiger partial charge on any atom is 0.224 e. The third-order valence-electron chi connectivity index (χ3n) is 5.87. The summed E-state index contributed by atoms with van der Waals surface area (Å²) >= 11 is 0. The quantitative estimate of drug-likeness (QED) is 0.684. The van der Waals surface area contributed by atoms with Crippen LogP contribution in [0.3, 0.4) is 0 Å². The third-order valence-corrected chi connectivity index (χ3v) is 5.87. The van der Waals surface area contributed by atoms with Gasteiger partial charge in [-0.15, -0.1) is 0 Å². The van der Waals surface area contributed by atoms with Crippen LogP contribution in [0.25, 0.3) is 0 Å². The van der Waals surface area contributed by atoms with E-state index in [-0.39, 0.29) is 17.9 Å². The molecule has 1 N–H and O–H groups in total. The van der Waals surface area contributed by atoms with Crippen molar-refractivity contribution in [2.75, 3.05) is 44.7 Å². The first kappa shape index (κ1) is 22.0. The van der Waals surface area contributed by atoms with Crippen LogP contribution in [0, 0.1) is 5.92 Å². The smallest absolute Gasteiger partial charge is 0.224 e. The Hall–Kier alpha value is -2.67. The first-order valence-electron chi connectivity index (χ1n) is 10.8. The molecular formula is C23H33N5O2. The Morgan fingerprint density at radius 1 is 1.33 bits per heavy atom. The fourth-order valence-electron chi connectivity index (χ4n) is 4.17. The molecule has 0 radical (unpaired) electrons. The molecule has 1 aromatic heterocycles. The van der Waals surface area contributed by atoms with Crippen molar-refractivity contribution in [1.29, 1.82) is 0 Å². The Morgan fingerprint density at radius 3 is 2.87 bits per heavy atom. The van der Waals surface area contributed by atoms with Gasteiger partial charge in [-0.1, -0.05) is 26.0 Å². The molecule has 2 aromatic rings. The van der Waals surface area contributed by atoms with E-state index < -0.39 is 0 Å². The monoisotopic (exact) mass is 411 g/mol. The zero-order chi connectivity index (χ0) is 21.3. The van der Waals surface area contributed by atoms with Gasteiger partial charge in [0, 0.05) is 32.0 Å². The molecule has 1 amide bonds. The van der Waals surface area contributed by atoms with Crippen LogP contribution < -0.4 is 15.0 Å². The van der Waals surface area contributed by atoms with E-state index in [1.54, 1.807) is 25.7 Å². The highest BCUT2D eigenvalue weighted by atomic mass is 16.5. The molecule has 162 valence electrons. The van der Waals surface area contributed by atoms with Gasteiger partial charge in [-0.05, 0) is 43.6 Å². The summed E-state index contributed by atoms with van der Waals surface area (Å²) in [4.78, 5) is 26.1. The molecule has 1 saturated heterocycles. The van der Waals surface area contributed by atoms with Gasteiger partial charge in [0.25, 0.3) is 0 Å². The SMILES string of the molecule is CCN(CC)C(CNC(=O)C1CCCN(c2cnccn2)C1)c1cccc(OC)c1. The van der Waals surface area contributed by atoms with Crippen LogP contribution in [-0.4, -0.2) is 60.6 Å². The molecule has 2 unspecified atom stereocenters. The van der Waals surface area contributed by atoms with Crippen molar-refractivity contribution in [3.63, 3.8) is 0 Å². The number of anilines is 1. The predicted octanol–water partition coefficient (Wildman–Crippen LogP) is 2.90. The van der Waals surface area contributed by atoms with Crippen LogP contribution in [-0.2, 0) is 4.79 Å². The van der Waals surface area contributed by atoms with Crippen molar-refractivity contribution in [2.24, 2.45) is 5.92 Å². The van der Waals surface area contributed by atoms with E-state index >= 15 is 0 Å². The van der Waals surface area contributed by atoms with Gasteiger partial charge in [0.1, 0.15) is 11.6 Å². The highest BCUT2D eigenvalue weighted by Crippen LogP contribution is 2.25. The van der Waals surface area contributed by atoms with E-state index in [9.17, 15) is 4.79 Å². The van der Waals surface area contributed by atoms with Gasteiger partial charge >= 0.3 is 0 Å². The van der Waals surface area contributed by atoms with Gasteiger partial charge in [0.15, 0.2) is 0 Å². The van der Waals surface area contributed by atoms with E-state index in [0.717, 1.165) is 49.6 Å². The number of hydrogen-bond donors (Lipinski definition) is 1.